The third-order valence-corrected chi connectivity index (χ3v) is 3.58. The Labute approximate surface area is 134 Å². The average Bonchev–Trinajstić information content (AvgIpc) is 2.48. The van der Waals surface area contributed by atoms with Crippen LogP contribution < -0.4 is 10.1 Å². The summed E-state index contributed by atoms with van der Waals surface area (Å²) in [4.78, 5) is 23.8. The number of hydrogen-bond donors (Lipinski definition) is 2. The van der Waals surface area contributed by atoms with Crippen LogP contribution in [0.1, 0.15) is 12.8 Å². The summed E-state index contributed by atoms with van der Waals surface area (Å²) in [5, 5.41) is 11.1. The fraction of sp³-hybridized carbons (Fsp3) is 0.429. The van der Waals surface area contributed by atoms with E-state index in [0.29, 0.717) is 0 Å². The van der Waals surface area contributed by atoms with Crippen molar-refractivity contribution in [3.8, 4) is 5.75 Å². The summed E-state index contributed by atoms with van der Waals surface area (Å²) in [6, 6.07) is 4.27. The van der Waals surface area contributed by atoms with Crippen molar-refractivity contribution in [3.63, 3.8) is 0 Å². The largest absolute Gasteiger partial charge is 0.573 e. The predicted molar refractivity (Wildman–Crippen MR) is 74.4 cm³/mol. The van der Waals surface area contributed by atoms with Gasteiger partial charge in [-0.25, -0.2) is 9.18 Å². The van der Waals surface area contributed by atoms with Gasteiger partial charge in [-0.2, -0.15) is 0 Å². The molecule has 2 amide bonds. The molecule has 10 heteroatoms. The van der Waals surface area contributed by atoms with E-state index in [1.807, 2.05) is 0 Å². The Morgan fingerprint density at radius 1 is 1.17 bits per heavy atom. The number of amides is 2. The van der Waals surface area contributed by atoms with E-state index >= 15 is 0 Å². The maximum Gasteiger partial charge on any atom is 0.573 e. The third-order valence-electron chi connectivity index (χ3n) is 3.58. The summed E-state index contributed by atoms with van der Waals surface area (Å²) < 4.78 is 54.4. The first-order valence-electron chi connectivity index (χ1n) is 6.93. The average molecular weight is 350 g/mol. The lowest BCUT2D eigenvalue weighted by Crippen LogP contribution is -2.50. The maximum atomic E-state index is 14.6. The van der Waals surface area contributed by atoms with E-state index in [9.17, 15) is 27.2 Å². The van der Waals surface area contributed by atoms with Gasteiger partial charge in [-0.3, -0.25) is 4.79 Å². The molecule has 0 atom stereocenters. The van der Waals surface area contributed by atoms with E-state index in [4.69, 9.17) is 5.11 Å². The number of carbonyl (C=O) groups excluding carboxylic acids is 1. The van der Waals surface area contributed by atoms with Crippen LogP contribution in [0.2, 0.25) is 0 Å². The fourth-order valence-corrected chi connectivity index (χ4v) is 2.26. The van der Waals surface area contributed by atoms with Crippen LogP contribution in [-0.4, -0.2) is 47.1 Å². The van der Waals surface area contributed by atoms with Crippen molar-refractivity contribution in [2.24, 2.45) is 0 Å². The predicted octanol–water partition coefficient (Wildman–Crippen LogP) is 3.01. The Kier molecular flexibility index (Phi) is 4.86. The van der Waals surface area contributed by atoms with Gasteiger partial charge < -0.3 is 20.1 Å². The Bertz CT molecular complexity index is 610. The van der Waals surface area contributed by atoms with E-state index in [1.54, 1.807) is 0 Å². The second kappa shape index (κ2) is 6.54. The number of hydrogen-bond acceptors (Lipinski definition) is 3. The smallest absolute Gasteiger partial charge is 0.465 e. The summed E-state index contributed by atoms with van der Waals surface area (Å²) in [5.41, 5.74) is -2.13. The van der Waals surface area contributed by atoms with Gasteiger partial charge >= 0.3 is 12.5 Å². The number of ether oxygens (including phenoxy) is 1. The van der Waals surface area contributed by atoms with Gasteiger partial charge in [0.15, 0.2) is 5.67 Å². The number of carboxylic acid groups (broad SMARTS) is 1. The van der Waals surface area contributed by atoms with Crippen LogP contribution in [0.4, 0.5) is 28.0 Å². The van der Waals surface area contributed by atoms with Gasteiger partial charge in [-0.05, 0) is 24.3 Å². The minimum atomic E-state index is -4.83. The summed E-state index contributed by atoms with van der Waals surface area (Å²) in [6.07, 6.45) is -6.59. The number of piperidine rings is 1. The zero-order chi connectivity index (χ0) is 18.0. The molecule has 1 aromatic rings. The zero-order valence-electron chi connectivity index (χ0n) is 12.3. The second-order valence-corrected chi connectivity index (χ2v) is 5.26. The highest BCUT2D eigenvalue weighted by molar-refractivity contribution is 5.97. The van der Waals surface area contributed by atoms with Crippen LogP contribution >= 0.6 is 0 Å². The molecule has 0 radical (unpaired) electrons. The number of rotatable bonds is 3. The van der Waals surface area contributed by atoms with Crippen LogP contribution in [0, 0.1) is 0 Å². The molecular formula is C14H14F4N2O4. The Morgan fingerprint density at radius 2 is 1.71 bits per heavy atom. The summed E-state index contributed by atoms with van der Waals surface area (Å²) in [7, 11) is 0. The number of likely N-dealkylation sites (tertiary alicyclic amines) is 1. The van der Waals surface area contributed by atoms with E-state index in [-0.39, 0.29) is 31.6 Å². The fourth-order valence-electron chi connectivity index (χ4n) is 2.26. The molecule has 0 aliphatic carbocycles. The first kappa shape index (κ1) is 17.8. The molecule has 1 heterocycles. The highest BCUT2D eigenvalue weighted by atomic mass is 19.4. The Morgan fingerprint density at radius 3 is 2.17 bits per heavy atom. The van der Waals surface area contributed by atoms with Gasteiger partial charge in [0, 0.05) is 31.6 Å². The molecule has 0 bridgehead atoms. The van der Waals surface area contributed by atoms with E-state index in [2.05, 4.69) is 10.1 Å². The van der Waals surface area contributed by atoms with Crippen molar-refractivity contribution in [1.82, 2.24) is 4.90 Å². The molecule has 1 aliphatic heterocycles. The topological polar surface area (TPSA) is 78.9 Å². The Hall–Kier alpha value is -2.52. The van der Waals surface area contributed by atoms with Crippen molar-refractivity contribution in [2.75, 3.05) is 18.4 Å². The van der Waals surface area contributed by atoms with E-state index in [0.717, 1.165) is 29.2 Å². The monoisotopic (exact) mass is 350 g/mol. The maximum absolute atomic E-state index is 14.6. The lowest BCUT2D eigenvalue weighted by Gasteiger charge is -2.33. The number of nitrogens with one attached hydrogen (secondary N) is 1. The normalized spacial score (nSPS) is 17.2. The molecule has 1 aliphatic rings. The van der Waals surface area contributed by atoms with Crippen molar-refractivity contribution in [3.05, 3.63) is 24.3 Å². The zero-order valence-corrected chi connectivity index (χ0v) is 12.3. The van der Waals surface area contributed by atoms with Gasteiger partial charge in [0.25, 0.3) is 5.91 Å². The molecule has 2 rings (SSSR count). The molecule has 24 heavy (non-hydrogen) atoms. The number of nitrogens with zero attached hydrogens (tertiary/aromatic N) is 1. The van der Waals surface area contributed by atoms with Crippen LogP contribution in [-0.2, 0) is 4.79 Å². The van der Waals surface area contributed by atoms with Crippen LogP contribution in [0.3, 0.4) is 0 Å². The molecule has 0 aromatic heterocycles. The molecule has 1 fully saturated rings. The SMILES string of the molecule is O=C(O)N1CCC(F)(C(=O)Nc2ccc(OC(F)(F)F)cc2)CC1. The van der Waals surface area contributed by atoms with Crippen LogP contribution in [0.5, 0.6) is 5.75 Å². The first-order chi connectivity index (χ1) is 11.1. The molecule has 132 valence electrons. The van der Waals surface area contributed by atoms with Gasteiger partial charge in [0.1, 0.15) is 5.75 Å². The minimum absolute atomic E-state index is 0.104. The standard InChI is InChI=1S/C14H14F4N2O4/c15-13(5-7-20(8-6-13)12(22)23)11(21)19-9-1-3-10(4-2-9)24-14(16,17)18/h1-4H,5-8H2,(H,19,21)(H,22,23). The van der Waals surface area contributed by atoms with Crippen LogP contribution in [0.15, 0.2) is 24.3 Å². The van der Waals surface area contributed by atoms with E-state index in [1.165, 1.54) is 0 Å². The number of carbonyl (C=O) groups is 2. The summed E-state index contributed by atoms with van der Waals surface area (Å²) >= 11 is 0. The van der Waals surface area contributed by atoms with Crippen molar-refractivity contribution >= 4 is 17.7 Å². The minimum Gasteiger partial charge on any atom is -0.465 e. The van der Waals surface area contributed by atoms with Gasteiger partial charge in [-0.15, -0.1) is 13.2 Å². The molecule has 1 aromatic carbocycles. The van der Waals surface area contributed by atoms with Gasteiger partial charge in [0.05, 0.1) is 0 Å². The molecule has 0 unspecified atom stereocenters. The molecule has 6 nitrogen and oxygen atoms in total. The lowest BCUT2D eigenvalue weighted by atomic mass is 9.92. The summed E-state index contributed by atoms with van der Waals surface area (Å²) in [6.45, 7) is -0.227. The first-order valence-corrected chi connectivity index (χ1v) is 6.93. The second-order valence-electron chi connectivity index (χ2n) is 5.26. The van der Waals surface area contributed by atoms with Gasteiger partial charge in [-0.1, -0.05) is 0 Å². The van der Waals surface area contributed by atoms with Crippen molar-refractivity contribution in [2.45, 2.75) is 24.9 Å². The van der Waals surface area contributed by atoms with Crippen LogP contribution in [0.25, 0.3) is 0 Å². The molecule has 1 saturated heterocycles. The summed E-state index contributed by atoms with van der Waals surface area (Å²) in [5.74, 6) is -1.43. The lowest BCUT2D eigenvalue weighted by molar-refractivity contribution is -0.274. The quantitative estimate of drug-likeness (QED) is 0.822. The number of anilines is 1. The van der Waals surface area contributed by atoms with Gasteiger partial charge in [0.2, 0.25) is 0 Å². The third kappa shape index (κ3) is 4.49. The number of alkyl halides is 4. The van der Waals surface area contributed by atoms with Crippen molar-refractivity contribution < 1.29 is 37.0 Å². The highest BCUT2D eigenvalue weighted by Crippen LogP contribution is 2.29. The van der Waals surface area contributed by atoms with Crippen molar-refractivity contribution in [1.29, 1.82) is 0 Å². The molecule has 2 N–H and O–H groups in total. The number of benzene rings is 1. The Balaban J connectivity index is 1.96. The highest BCUT2D eigenvalue weighted by Gasteiger charge is 2.42. The van der Waals surface area contributed by atoms with E-state index < -0.39 is 29.8 Å². The molecule has 0 spiro atoms. The molecule has 0 saturated carbocycles. The number of halogens is 4. The molecular weight excluding hydrogens is 336 g/mol.